The normalized spacial score (nSPS) is 30.9. The highest BCUT2D eigenvalue weighted by Gasteiger charge is 2.35. The molecule has 134 valence electrons. The Hall–Kier alpha value is -0.490. The van der Waals surface area contributed by atoms with Crippen LogP contribution < -0.4 is 0 Å². The van der Waals surface area contributed by atoms with Gasteiger partial charge in [0.15, 0.2) is 0 Å². The van der Waals surface area contributed by atoms with Gasteiger partial charge in [-0.15, -0.1) is 11.3 Å². The molecule has 3 aliphatic rings. The van der Waals surface area contributed by atoms with E-state index >= 15 is 0 Å². The molecule has 3 heterocycles. The topological polar surface area (TPSA) is 28.6 Å². The van der Waals surface area contributed by atoms with E-state index in [-0.39, 0.29) is 0 Å². The summed E-state index contributed by atoms with van der Waals surface area (Å²) in [7, 11) is 0. The van der Waals surface area contributed by atoms with Crippen molar-refractivity contribution in [3.63, 3.8) is 0 Å². The highest BCUT2D eigenvalue weighted by atomic mass is 32.1. The van der Waals surface area contributed by atoms with Gasteiger partial charge >= 0.3 is 0 Å². The first-order valence-corrected chi connectivity index (χ1v) is 10.7. The second-order valence-electron chi connectivity index (χ2n) is 7.72. The van der Waals surface area contributed by atoms with Gasteiger partial charge in [0, 0.05) is 43.0 Å². The van der Waals surface area contributed by atoms with E-state index in [0.717, 1.165) is 38.8 Å². The molecule has 2 aliphatic heterocycles. The number of hydrogen-bond donors (Lipinski definition) is 0. The fraction of sp³-hybridized carbons (Fsp3) is 0.842. The van der Waals surface area contributed by atoms with E-state index in [0.29, 0.717) is 12.1 Å². The van der Waals surface area contributed by atoms with Gasteiger partial charge in [0.1, 0.15) is 5.01 Å². The molecule has 4 nitrogen and oxygen atoms in total. The van der Waals surface area contributed by atoms with Crippen LogP contribution in [0.3, 0.4) is 0 Å². The van der Waals surface area contributed by atoms with Crippen LogP contribution in [0, 0.1) is 0 Å². The van der Waals surface area contributed by atoms with E-state index in [1.165, 1.54) is 55.8 Å². The summed E-state index contributed by atoms with van der Waals surface area (Å²) in [6.07, 6.45) is 8.19. The molecule has 3 fully saturated rings. The number of morpholine rings is 1. The van der Waals surface area contributed by atoms with Crippen molar-refractivity contribution in [2.75, 3.05) is 32.8 Å². The van der Waals surface area contributed by atoms with Crippen molar-refractivity contribution in [1.82, 2.24) is 14.8 Å². The highest BCUT2D eigenvalue weighted by molar-refractivity contribution is 7.09. The van der Waals surface area contributed by atoms with Crippen molar-refractivity contribution in [2.45, 2.75) is 70.0 Å². The van der Waals surface area contributed by atoms with Crippen LogP contribution in [0.4, 0.5) is 0 Å². The van der Waals surface area contributed by atoms with Crippen LogP contribution in [-0.2, 0) is 11.3 Å². The first kappa shape index (κ1) is 17.0. The van der Waals surface area contributed by atoms with Gasteiger partial charge in [0.05, 0.1) is 25.5 Å². The number of ether oxygens (including phenoxy) is 1. The molecule has 5 heteroatoms. The molecule has 0 radical (unpaired) electrons. The van der Waals surface area contributed by atoms with Gasteiger partial charge in [0.2, 0.25) is 0 Å². The Morgan fingerprint density at radius 2 is 1.92 bits per heavy atom. The Labute approximate surface area is 150 Å². The molecule has 0 aromatic carbocycles. The van der Waals surface area contributed by atoms with Crippen LogP contribution >= 0.6 is 11.3 Å². The average Bonchev–Trinajstić information content (AvgIpc) is 3.25. The zero-order chi connectivity index (χ0) is 16.4. The first-order valence-electron chi connectivity index (χ1n) is 9.81. The molecule has 0 bridgehead atoms. The van der Waals surface area contributed by atoms with E-state index in [2.05, 4.69) is 22.1 Å². The van der Waals surface area contributed by atoms with Gasteiger partial charge in [-0.05, 0) is 26.2 Å². The number of likely N-dealkylation sites (tertiary alicyclic amines) is 1. The van der Waals surface area contributed by atoms with Gasteiger partial charge in [-0.25, -0.2) is 4.98 Å². The zero-order valence-corrected chi connectivity index (χ0v) is 15.8. The molecule has 1 aromatic rings. The maximum Gasteiger partial charge on any atom is 0.107 e. The van der Waals surface area contributed by atoms with E-state index in [9.17, 15) is 0 Å². The summed E-state index contributed by atoms with van der Waals surface area (Å²) in [6, 6.07) is 1.33. The zero-order valence-electron chi connectivity index (χ0n) is 15.0. The molecule has 1 aliphatic carbocycles. The molecule has 1 saturated carbocycles. The maximum absolute atomic E-state index is 5.51. The largest absolute Gasteiger partial charge is 0.379 e. The summed E-state index contributed by atoms with van der Waals surface area (Å²) in [6.45, 7) is 8.67. The van der Waals surface area contributed by atoms with Gasteiger partial charge in [-0.2, -0.15) is 0 Å². The Bertz CT molecular complexity index is 522. The summed E-state index contributed by atoms with van der Waals surface area (Å²) in [5.74, 6) is 0.737. The fourth-order valence-electron chi connectivity index (χ4n) is 4.76. The number of hydrogen-bond acceptors (Lipinski definition) is 5. The van der Waals surface area contributed by atoms with Crippen molar-refractivity contribution in [3.8, 4) is 0 Å². The predicted molar refractivity (Wildman–Crippen MR) is 98.6 cm³/mol. The summed E-state index contributed by atoms with van der Waals surface area (Å²) in [5, 5.41) is 3.66. The number of aromatic nitrogens is 1. The molecule has 0 spiro atoms. The van der Waals surface area contributed by atoms with Crippen molar-refractivity contribution in [3.05, 3.63) is 16.1 Å². The minimum Gasteiger partial charge on any atom is -0.379 e. The molecule has 0 amide bonds. The Morgan fingerprint density at radius 3 is 2.71 bits per heavy atom. The van der Waals surface area contributed by atoms with Gasteiger partial charge < -0.3 is 4.74 Å². The van der Waals surface area contributed by atoms with Crippen LogP contribution in [-0.4, -0.2) is 59.7 Å². The summed E-state index contributed by atoms with van der Waals surface area (Å²) in [4.78, 5) is 10.3. The van der Waals surface area contributed by atoms with Crippen LogP contribution in [0.25, 0.3) is 0 Å². The number of rotatable bonds is 4. The van der Waals surface area contributed by atoms with Crippen molar-refractivity contribution >= 4 is 11.3 Å². The lowest BCUT2D eigenvalue weighted by atomic mass is 9.87. The number of thiazole rings is 1. The van der Waals surface area contributed by atoms with E-state index in [1.807, 2.05) is 11.3 Å². The molecule has 2 atom stereocenters. The molecule has 0 unspecified atom stereocenters. The van der Waals surface area contributed by atoms with Gasteiger partial charge in [-0.1, -0.05) is 19.3 Å². The quantitative estimate of drug-likeness (QED) is 0.832. The van der Waals surface area contributed by atoms with Crippen molar-refractivity contribution in [2.24, 2.45) is 0 Å². The third kappa shape index (κ3) is 3.69. The van der Waals surface area contributed by atoms with E-state index < -0.39 is 0 Å². The lowest BCUT2D eigenvalue weighted by Crippen LogP contribution is -2.48. The maximum atomic E-state index is 5.51. The fourth-order valence-corrected chi connectivity index (χ4v) is 5.66. The lowest BCUT2D eigenvalue weighted by molar-refractivity contribution is 0.00983. The molecule has 24 heavy (non-hydrogen) atoms. The van der Waals surface area contributed by atoms with Crippen LogP contribution in [0.5, 0.6) is 0 Å². The molecule has 2 saturated heterocycles. The summed E-state index contributed by atoms with van der Waals surface area (Å²) >= 11 is 1.88. The monoisotopic (exact) mass is 349 g/mol. The summed E-state index contributed by atoms with van der Waals surface area (Å²) in [5.41, 5.74) is 1.38. The highest BCUT2D eigenvalue weighted by Crippen LogP contribution is 2.34. The van der Waals surface area contributed by atoms with E-state index in [1.54, 1.807) is 0 Å². The lowest BCUT2D eigenvalue weighted by Gasteiger charge is -2.35. The molecular formula is C19H31N3OS. The minimum atomic E-state index is 0.630. The average molecular weight is 350 g/mol. The second kappa shape index (κ2) is 7.81. The third-order valence-corrected chi connectivity index (χ3v) is 7.14. The molecule has 1 aromatic heterocycles. The smallest absolute Gasteiger partial charge is 0.107 e. The Balaban J connectivity index is 1.34. The van der Waals surface area contributed by atoms with Crippen molar-refractivity contribution < 1.29 is 4.74 Å². The second-order valence-corrected chi connectivity index (χ2v) is 8.66. The molecular weight excluding hydrogens is 318 g/mol. The molecule has 0 N–H and O–H groups in total. The first-order chi connectivity index (χ1) is 11.8. The standard InChI is InChI=1S/C19H31N3OS/c1-15-18(21-9-11-23-12-10-21)7-8-22(15)13-19-20-17(14-24-19)16-5-3-2-4-6-16/h14-16,18H,2-13H2,1H3/t15-,18-/m1/s1. The number of nitrogens with zero attached hydrogens (tertiary/aromatic N) is 3. The van der Waals surface area contributed by atoms with Crippen LogP contribution in [0.1, 0.15) is 62.1 Å². The van der Waals surface area contributed by atoms with Crippen LogP contribution in [0.15, 0.2) is 5.38 Å². The van der Waals surface area contributed by atoms with Gasteiger partial charge in [-0.3, -0.25) is 9.80 Å². The minimum absolute atomic E-state index is 0.630. The van der Waals surface area contributed by atoms with E-state index in [4.69, 9.17) is 9.72 Å². The predicted octanol–water partition coefficient (Wildman–Crippen LogP) is 3.49. The summed E-state index contributed by atoms with van der Waals surface area (Å²) < 4.78 is 5.51. The van der Waals surface area contributed by atoms with Crippen molar-refractivity contribution in [1.29, 1.82) is 0 Å². The molecule has 4 rings (SSSR count). The Kier molecular flexibility index (Phi) is 5.52. The third-order valence-electron chi connectivity index (χ3n) is 6.29. The van der Waals surface area contributed by atoms with Gasteiger partial charge in [0.25, 0.3) is 0 Å². The SMILES string of the molecule is C[C@@H]1[C@H](N2CCOCC2)CCN1Cc1nc(C2CCCCC2)cs1. The Morgan fingerprint density at radius 1 is 1.12 bits per heavy atom. The van der Waals surface area contributed by atoms with Crippen LogP contribution in [0.2, 0.25) is 0 Å².